The van der Waals surface area contributed by atoms with E-state index in [1.54, 1.807) is 6.92 Å². The highest BCUT2D eigenvalue weighted by Crippen LogP contribution is 2.29. The van der Waals surface area contributed by atoms with Gasteiger partial charge in [0.25, 0.3) is 0 Å². The fourth-order valence-electron chi connectivity index (χ4n) is 1.68. The van der Waals surface area contributed by atoms with Crippen molar-refractivity contribution in [2.45, 2.75) is 24.9 Å². The molecule has 5 nitrogen and oxygen atoms in total. The van der Waals surface area contributed by atoms with Gasteiger partial charge in [0.05, 0.1) is 9.92 Å². The van der Waals surface area contributed by atoms with Crippen molar-refractivity contribution in [2.24, 2.45) is 0 Å². The van der Waals surface area contributed by atoms with Crippen LogP contribution >= 0.6 is 11.6 Å². The second kappa shape index (κ2) is 7.88. The molecule has 0 bridgehead atoms. The molecule has 0 aliphatic rings. The summed E-state index contributed by atoms with van der Waals surface area (Å²) in [5.74, 6) is -0.288. The van der Waals surface area contributed by atoms with Gasteiger partial charge in [-0.1, -0.05) is 18.5 Å². The molecule has 0 spiro atoms. The molecule has 0 atom stereocenters. The molecule has 0 aliphatic carbocycles. The fraction of sp³-hybridized carbons (Fsp3) is 0.500. The first-order valence-corrected chi connectivity index (χ1v) is 8.00. The maximum atomic E-state index is 12.4. The molecule has 1 aromatic rings. The zero-order valence-electron chi connectivity index (χ0n) is 11.3. The summed E-state index contributed by atoms with van der Waals surface area (Å²) in [4.78, 5) is -0.117. The Balaban J connectivity index is 3.05. The number of hydrogen-bond donors (Lipinski definition) is 1. The Labute approximate surface area is 127 Å². The third kappa shape index (κ3) is 4.77. The van der Waals surface area contributed by atoms with Gasteiger partial charge >= 0.3 is 6.61 Å². The zero-order chi connectivity index (χ0) is 16.0. The van der Waals surface area contributed by atoms with Gasteiger partial charge in [-0.05, 0) is 24.6 Å². The first kappa shape index (κ1) is 18.1. The van der Waals surface area contributed by atoms with Crippen LogP contribution in [0.25, 0.3) is 0 Å². The third-order valence-electron chi connectivity index (χ3n) is 2.68. The van der Waals surface area contributed by atoms with E-state index in [9.17, 15) is 17.2 Å². The topological polar surface area (TPSA) is 66.8 Å². The number of ether oxygens (including phenoxy) is 1. The molecule has 120 valence electrons. The molecule has 0 unspecified atom stereocenters. The maximum absolute atomic E-state index is 12.4. The maximum Gasteiger partial charge on any atom is 0.387 e. The van der Waals surface area contributed by atoms with E-state index in [4.69, 9.17) is 16.7 Å². The number of benzene rings is 1. The lowest BCUT2D eigenvalue weighted by atomic mass is 10.3. The summed E-state index contributed by atoms with van der Waals surface area (Å²) in [6, 6.07) is 3.30. The zero-order valence-corrected chi connectivity index (χ0v) is 12.9. The molecule has 9 heteroatoms. The summed E-state index contributed by atoms with van der Waals surface area (Å²) in [5.41, 5.74) is 0. The standard InChI is InChI=1S/C12H16ClF2NO4S/c1-2-16(6-3-7-17)21(18,19)9-4-5-11(10(13)8-9)20-12(14)15/h4-5,8,12,17H,2-3,6-7H2,1H3. The quantitative estimate of drug-likeness (QED) is 0.786. The summed E-state index contributed by atoms with van der Waals surface area (Å²) >= 11 is 5.75. The number of alkyl halides is 2. The Hall–Kier alpha value is -0.960. The Morgan fingerprint density at radius 3 is 2.57 bits per heavy atom. The van der Waals surface area contributed by atoms with Crippen LogP contribution in [0.3, 0.4) is 0 Å². The van der Waals surface area contributed by atoms with Gasteiger partial charge in [0.1, 0.15) is 5.75 Å². The van der Waals surface area contributed by atoms with Crippen molar-refractivity contribution in [1.82, 2.24) is 4.31 Å². The van der Waals surface area contributed by atoms with Crippen molar-refractivity contribution < 1.29 is 27.0 Å². The van der Waals surface area contributed by atoms with Crippen LogP contribution in [0, 0.1) is 0 Å². The lowest BCUT2D eigenvalue weighted by molar-refractivity contribution is -0.0498. The molecule has 1 aromatic carbocycles. The highest BCUT2D eigenvalue weighted by Gasteiger charge is 2.24. The second-order valence-corrected chi connectivity index (χ2v) is 6.39. The number of rotatable bonds is 8. The average molecular weight is 344 g/mol. The Morgan fingerprint density at radius 2 is 2.10 bits per heavy atom. The van der Waals surface area contributed by atoms with E-state index in [1.165, 1.54) is 4.31 Å². The van der Waals surface area contributed by atoms with Crippen molar-refractivity contribution in [3.8, 4) is 5.75 Å². The third-order valence-corrected chi connectivity index (χ3v) is 4.94. The predicted molar refractivity (Wildman–Crippen MR) is 74.2 cm³/mol. The fourth-order valence-corrected chi connectivity index (χ4v) is 3.48. The van der Waals surface area contributed by atoms with Crippen LogP contribution in [0.2, 0.25) is 5.02 Å². The van der Waals surface area contributed by atoms with Gasteiger partial charge < -0.3 is 9.84 Å². The molecule has 1 rings (SSSR count). The smallest absolute Gasteiger partial charge is 0.387 e. The predicted octanol–water partition coefficient (Wildman–Crippen LogP) is 2.33. The number of hydrogen-bond acceptors (Lipinski definition) is 4. The van der Waals surface area contributed by atoms with Gasteiger partial charge in [-0.15, -0.1) is 0 Å². The summed E-state index contributed by atoms with van der Waals surface area (Å²) in [6.07, 6.45) is 0.299. The van der Waals surface area contributed by atoms with Gasteiger partial charge in [0, 0.05) is 19.7 Å². The molecule has 0 saturated heterocycles. The summed E-state index contributed by atoms with van der Waals surface area (Å²) < 4.78 is 54.3. The lowest BCUT2D eigenvalue weighted by Crippen LogP contribution is -2.32. The summed E-state index contributed by atoms with van der Waals surface area (Å²) in [7, 11) is -3.80. The van der Waals surface area contributed by atoms with Gasteiger partial charge in [0.15, 0.2) is 0 Å². The minimum atomic E-state index is -3.80. The highest BCUT2D eigenvalue weighted by molar-refractivity contribution is 7.89. The second-order valence-electron chi connectivity index (χ2n) is 4.04. The van der Waals surface area contributed by atoms with Crippen LogP contribution in [0.15, 0.2) is 23.1 Å². The van der Waals surface area contributed by atoms with E-state index in [0.717, 1.165) is 18.2 Å². The summed E-state index contributed by atoms with van der Waals surface area (Å²) in [5, 5.41) is 8.57. The molecule has 0 amide bonds. The van der Waals surface area contributed by atoms with E-state index < -0.39 is 16.6 Å². The molecular weight excluding hydrogens is 328 g/mol. The minimum absolute atomic E-state index is 0.117. The normalized spacial score (nSPS) is 12.1. The average Bonchev–Trinajstić information content (AvgIpc) is 2.41. The summed E-state index contributed by atoms with van der Waals surface area (Å²) in [6.45, 7) is -1.14. The molecule has 0 fully saturated rings. The number of sulfonamides is 1. The van der Waals surface area contributed by atoms with Crippen LogP contribution in [-0.2, 0) is 10.0 Å². The molecular formula is C12H16ClF2NO4S. The van der Waals surface area contributed by atoms with E-state index >= 15 is 0 Å². The van der Waals surface area contributed by atoms with E-state index in [-0.39, 0.29) is 35.4 Å². The van der Waals surface area contributed by atoms with Gasteiger partial charge in [-0.3, -0.25) is 0 Å². The van der Waals surface area contributed by atoms with E-state index in [0.29, 0.717) is 6.42 Å². The van der Waals surface area contributed by atoms with Crippen molar-refractivity contribution in [3.05, 3.63) is 23.2 Å². The first-order valence-electron chi connectivity index (χ1n) is 6.18. The molecule has 0 aliphatic heterocycles. The van der Waals surface area contributed by atoms with E-state index in [1.807, 2.05) is 0 Å². The number of nitrogens with zero attached hydrogens (tertiary/aromatic N) is 1. The molecule has 0 saturated carbocycles. The van der Waals surface area contributed by atoms with Crippen molar-refractivity contribution in [1.29, 1.82) is 0 Å². The van der Waals surface area contributed by atoms with Crippen LogP contribution in [0.4, 0.5) is 8.78 Å². The van der Waals surface area contributed by atoms with Gasteiger partial charge in [0.2, 0.25) is 10.0 Å². The van der Waals surface area contributed by atoms with E-state index in [2.05, 4.69) is 4.74 Å². The Bertz CT molecular complexity index is 568. The van der Waals surface area contributed by atoms with Crippen LogP contribution in [0.5, 0.6) is 5.75 Å². The SMILES string of the molecule is CCN(CCCO)S(=O)(=O)c1ccc(OC(F)F)c(Cl)c1. The first-order chi connectivity index (χ1) is 9.82. The molecule has 1 N–H and O–H groups in total. The number of halogens is 3. The van der Waals surface area contributed by atoms with Crippen molar-refractivity contribution in [3.63, 3.8) is 0 Å². The molecule has 0 radical (unpaired) electrons. The van der Waals surface area contributed by atoms with Crippen molar-refractivity contribution >= 4 is 21.6 Å². The van der Waals surface area contributed by atoms with Crippen LogP contribution < -0.4 is 4.74 Å². The Kier molecular flexibility index (Phi) is 6.79. The number of aliphatic hydroxyl groups is 1. The van der Waals surface area contributed by atoms with Crippen LogP contribution in [0.1, 0.15) is 13.3 Å². The molecule has 21 heavy (non-hydrogen) atoms. The minimum Gasteiger partial charge on any atom is -0.433 e. The number of aliphatic hydroxyl groups excluding tert-OH is 1. The van der Waals surface area contributed by atoms with Crippen molar-refractivity contribution in [2.75, 3.05) is 19.7 Å². The Morgan fingerprint density at radius 1 is 1.43 bits per heavy atom. The molecule has 0 heterocycles. The monoisotopic (exact) mass is 343 g/mol. The van der Waals surface area contributed by atoms with Gasteiger partial charge in [-0.25, -0.2) is 8.42 Å². The highest BCUT2D eigenvalue weighted by atomic mass is 35.5. The lowest BCUT2D eigenvalue weighted by Gasteiger charge is -2.20. The van der Waals surface area contributed by atoms with Gasteiger partial charge in [-0.2, -0.15) is 13.1 Å². The van der Waals surface area contributed by atoms with Crippen LogP contribution in [-0.4, -0.2) is 44.1 Å². The largest absolute Gasteiger partial charge is 0.433 e. The molecule has 0 aromatic heterocycles.